The summed E-state index contributed by atoms with van der Waals surface area (Å²) in [4.78, 5) is 21.9. The fourth-order valence-electron chi connectivity index (χ4n) is 1.38. The van der Waals surface area contributed by atoms with E-state index in [1.54, 1.807) is 19.9 Å². The highest BCUT2D eigenvalue weighted by Gasteiger charge is 2.16. The van der Waals surface area contributed by atoms with E-state index in [0.717, 1.165) is 0 Å². The SMILES string of the molecule is Cc1cc(Br)c(NC(=O)N[C@H](C)CO)cc1[N+](=O)[O-]. The molecule has 1 rings (SSSR count). The molecule has 2 amide bonds. The van der Waals surface area contributed by atoms with Crippen molar-refractivity contribution < 1.29 is 14.8 Å². The molecule has 0 saturated heterocycles. The molecule has 1 atom stereocenters. The summed E-state index contributed by atoms with van der Waals surface area (Å²) in [7, 11) is 0. The number of nitro groups is 1. The Balaban J connectivity index is 2.92. The van der Waals surface area contributed by atoms with Crippen LogP contribution in [0.25, 0.3) is 0 Å². The third-order valence-electron chi connectivity index (χ3n) is 2.38. The minimum atomic E-state index is -0.541. The quantitative estimate of drug-likeness (QED) is 0.580. The molecule has 0 aliphatic heterocycles. The van der Waals surface area contributed by atoms with Gasteiger partial charge in [0.25, 0.3) is 5.69 Å². The summed E-state index contributed by atoms with van der Waals surface area (Å²) in [5.74, 6) is 0. The summed E-state index contributed by atoms with van der Waals surface area (Å²) in [6.45, 7) is 3.05. The average molecular weight is 332 g/mol. The zero-order chi connectivity index (χ0) is 14.6. The van der Waals surface area contributed by atoms with Crippen LogP contribution in [0.2, 0.25) is 0 Å². The second-order valence-corrected chi connectivity index (χ2v) is 4.91. The Labute approximate surface area is 118 Å². The monoisotopic (exact) mass is 331 g/mol. The summed E-state index contributed by atoms with van der Waals surface area (Å²) in [5, 5.41) is 24.6. The van der Waals surface area contributed by atoms with Crippen LogP contribution in [-0.2, 0) is 0 Å². The van der Waals surface area contributed by atoms with Gasteiger partial charge in [-0.2, -0.15) is 0 Å². The van der Waals surface area contributed by atoms with Crippen molar-refractivity contribution in [1.82, 2.24) is 5.32 Å². The number of hydrogen-bond donors (Lipinski definition) is 3. The normalized spacial score (nSPS) is 11.8. The summed E-state index contributed by atoms with van der Waals surface area (Å²) in [6, 6.07) is 1.89. The van der Waals surface area contributed by atoms with E-state index in [2.05, 4.69) is 26.6 Å². The molecule has 0 saturated carbocycles. The maximum Gasteiger partial charge on any atom is 0.319 e. The van der Waals surface area contributed by atoms with Crippen LogP contribution in [0.15, 0.2) is 16.6 Å². The van der Waals surface area contributed by atoms with Crippen LogP contribution in [0.3, 0.4) is 0 Å². The molecule has 1 aromatic rings. The molecule has 8 heteroatoms. The largest absolute Gasteiger partial charge is 0.394 e. The molecule has 0 spiro atoms. The van der Waals surface area contributed by atoms with E-state index in [-0.39, 0.29) is 12.3 Å². The first-order chi connectivity index (χ1) is 8.85. The standard InChI is InChI=1S/C11H14BrN3O4/c1-6-3-8(12)9(4-10(6)15(18)19)14-11(17)13-7(2)5-16/h3-4,7,16H,5H2,1-2H3,(H2,13,14,17)/t7-/m1/s1. The van der Waals surface area contributed by atoms with Crippen molar-refractivity contribution >= 4 is 33.3 Å². The number of nitro benzene ring substituents is 1. The Morgan fingerprint density at radius 3 is 2.74 bits per heavy atom. The number of urea groups is 1. The third-order valence-corrected chi connectivity index (χ3v) is 3.04. The lowest BCUT2D eigenvalue weighted by Gasteiger charge is -2.13. The van der Waals surface area contributed by atoms with Gasteiger partial charge in [0.2, 0.25) is 0 Å². The number of hydrogen-bond acceptors (Lipinski definition) is 4. The van der Waals surface area contributed by atoms with Crippen LogP contribution >= 0.6 is 15.9 Å². The molecule has 104 valence electrons. The number of amides is 2. The molecule has 3 N–H and O–H groups in total. The number of benzene rings is 1. The Kier molecular flexibility index (Phi) is 5.25. The predicted octanol–water partition coefficient (Wildman–Crippen LogP) is 2.17. The van der Waals surface area contributed by atoms with E-state index < -0.39 is 17.0 Å². The average Bonchev–Trinajstić information content (AvgIpc) is 2.31. The van der Waals surface area contributed by atoms with Crippen molar-refractivity contribution in [3.63, 3.8) is 0 Å². The first-order valence-electron chi connectivity index (χ1n) is 5.48. The molecule has 7 nitrogen and oxygen atoms in total. The van der Waals surface area contributed by atoms with Gasteiger partial charge >= 0.3 is 6.03 Å². The summed E-state index contributed by atoms with van der Waals surface area (Å²) < 4.78 is 0.544. The zero-order valence-corrected chi connectivity index (χ0v) is 12.0. The molecule has 0 aliphatic carbocycles. The minimum absolute atomic E-state index is 0.0753. The van der Waals surface area contributed by atoms with Crippen molar-refractivity contribution in [1.29, 1.82) is 0 Å². The van der Waals surface area contributed by atoms with Gasteiger partial charge in [0, 0.05) is 16.1 Å². The maximum absolute atomic E-state index is 11.6. The lowest BCUT2D eigenvalue weighted by Crippen LogP contribution is -2.38. The number of nitrogens with zero attached hydrogens (tertiary/aromatic N) is 1. The van der Waals surface area contributed by atoms with Crippen molar-refractivity contribution in [3.8, 4) is 0 Å². The van der Waals surface area contributed by atoms with Gasteiger partial charge in [0.05, 0.1) is 23.3 Å². The second-order valence-electron chi connectivity index (χ2n) is 4.06. The molecular formula is C11H14BrN3O4. The Bertz CT molecular complexity index is 507. The number of aliphatic hydroxyl groups is 1. The lowest BCUT2D eigenvalue weighted by molar-refractivity contribution is -0.385. The molecule has 0 radical (unpaired) electrons. The molecule has 0 fully saturated rings. The van der Waals surface area contributed by atoms with Crippen LogP contribution in [-0.4, -0.2) is 28.7 Å². The first-order valence-corrected chi connectivity index (χ1v) is 6.27. The fourth-order valence-corrected chi connectivity index (χ4v) is 1.94. The van der Waals surface area contributed by atoms with Gasteiger partial charge in [-0.3, -0.25) is 10.1 Å². The van der Waals surface area contributed by atoms with Crippen molar-refractivity contribution in [3.05, 3.63) is 32.3 Å². The van der Waals surface area contributed by atoms with Gasteiger partial charge in [0.15, 0.2) is 0 Å². The van der Waals surface area contributed by atoms with Crippen LogP contribution < -0.4 is 10.6 Å². The predicted molar refractivity (Wildman–Crippen MR) is 74.2 cm³/mol. The first kappa shape index (κ1) is 15.4. The van der Waals surface area contributed by atoms with E-state index in [1.165, 1.54) is 6.07 Å². The van der Waals surface area contributed by atoms with Gasteiger partial charge in [-0.05, 0) is 35.8 Å². The van der Waals surface area contributed by atoms with Crippen LogP contribution in [0.4, 0.5) is 16.2 Å². The molecule has 0 bridgehead atoms. The van der Waals surface area contributed by atoms with Crippen molar-refractivity contribution in [2.75, 3.05) is 11.9 Å². The van der Waals surface area contributed by atoms with Gasteiger partial charge in [-0.1, -0.05) is 0 Å². The zero-order valence-electron chi connectivity index (χ0n) is 10.4. The highest BCUT2D eigenvalue weighted by Crippen LogP contribution is 2.30. The van der Waals surface area contributed by atoms with Gasteiger partial charge in [-0.25, -0.2) is 4.79 Å². The molecule has 19 heavy (non-hydrogen) atoms. The number of rotatable bonds is 4. The Morgan fingerprint density at radius 2 is 2.21 bits per heavy atom. The van der Waals surface area contributed by atoms with Crippen LogP contribution in [0, 0.1) is 17.0 Å². The lowest BCUT2D eigenvalue weighted by atomic mass is 10.2. The number of aryl methyl sites for hydroxylation is 1. The third kappa shape index (κ3) is 4.18. The van der Waals surface area contributed by atoms with E-state index in [1.807, 2.05) is 0 Å². The van der Waals surface area contributed by atoms with Crippen molar-refractivity contribution in [2.24, 2.45) is 0 Å². The smallest absolute Gasteiger partial charge is 0.319 e. The van der Waals surface area contributed by atoms with E-state index in [4.69, 9.17) is 5.11 Å². The van der Waals surface area contributed by atoms with Crippen LogP contribution in [0.1, 0.15) is 12.5 Å². The van der Waals surface area contributed by atoms with E-state index in [0.29, 0.717) is 15.7 Å². The number of aliphatic hydroxyl groups excluding tert-OH is 1. The van der Waals surface area contributed by atoms with Gasteiger partial charge in [0.1, 0.15) is 0 Å². The van der Waals surface area contributed by atoms with E-state index >= 15 is 0 Å². The highest BCUT2D eigenvalue weighted by atomic mass is 79.9. The minimum Gasteiger partial charge on any atom is -0.394 e. The number of anilines is 1. The summed E-state index contributed by atoms with van der Waals surface area (Å²) >= 11 is 3.23. The maximum atomic E-state index is 11.6. The second kappa shape index (κ2) is 6.48. The number of carbonyl (C=O) groups is 1. The summed E-state index contributed by atoms with van der Waals surface area (Å²) in [6.07, 6.45) is 0. The number of halogens is 1. The molecule has 0 unspecified atom stereocenters. The van der Waals surface area contributed by atoms with Gasteiger partial charge < -0.3 is 15.7 Å². The molecule has 0 aromatic heterocycles. The highest BCUT2D eigenvalue weighted by molar-refractivity contribution is 9.10. The van der Waals surface area contributed by atoms with Gasteiger partial charge in [-0.15, -0.1) is 0 Å². The number of nitrogens with one attached hydrogen (secondary N) is 2. The fraction of sp³-hybridized carbons (Fsp3) is 0.364. The topological polar surface area (TPSA) is 104 Å². The van der Waals surface area contributed by atoms with Crippen molar-refractivity contribution in [2.45, 2.75) is 19.9 Å². The number of carbonyl (C=O) groups excluding carboxylic acids is 1. The Morgan fingerprint density at radius 1 is 1.58 bits per heavy atom. The molecule has 1 aromatic carbocycles. The molecule has 0 heterocycles. The molecule has 0 aliphatic rings. The summed E-state index contributed by atoms with van der Waals surface area (Å²) in [5.41, 5.74) is 0.709. The van der Waals surface area contributed by atoms with E-state index in [9.17, 15) is 14.9 Å². The molecular weight excluding hydrogens is 318 g/mol. The van der Waals surface area contributed by atoms with Crippen LogP contribution in [0.5, 0.6) is 0 Å². The Hall–Kier alpha value is -1.67.